The van der Waals surface area contributed by atoms with Gasteiger partial charge in [0.15, 0.2) is 0 Å². The molecule has 3 heterocycles. The number of rotatable bonds is 7. The average molecular weight is 426 g/mol. The molecule has 1 aliphatic rings. The maximum atomic E-state index is 13.2. The van der Waals surface area contributed by atoms with Crippen molar-refractivity contribution in [3.05, 3.63) is 60.1 Å². The van der Waals surface area contributed by atoms with Crippen LogP contribution in [0.4, 0.5) is 4.39 Å². The highest BCUT2D eigenvalue weighted by molar-refractivity contribution is 5.77. The van der Waals surface area contributed by atoms with Crippen molar-refractivity contribution in [3.63, 3.8) is 0 Å². The van der Waals surface area contributed by atoms with E-state index in [0.717, 1.165) is 30.9 Å². The van der Waals surface area contributed by atoms with E-state index < -0.39 is 5.41 Å². The Morgan fingerprint density at radius 1 is 1.26 bits per heavy atom. The second-order valence-electron chi connectivity index (χ2n) is 8.13. The van der Waals surface area contributed by atoms with Crippen molar-refractivity contribution in [1.29, 1.82) is 0 Å². The Bertz CT molecular complexity index is 1020. The topological polar surface area (TPSA) is 73.4 Å². The molecular formula is C23H27FN4O3. The first kappa shape index (κ1) is 21.2. The molecule has 7 nitrogen and oxygen atoms in total. The minimum absolute atomic E-state index is 0.185. The molecule has 0 spiro atoms. The van der Waals surface area contributed by atoms with Crippen molar-refractivity contribution in [3.8, 4) is 11.3 Å². The van der Waals surface area contributed by atoms with Gasteiger partial charge in [-0.25, -0.2) is 9.37 Å². The van der Waals surface area contributed by atoms with E-state index in [1.165, 1.54) is 12.1 Å². The van der Waals surface area contributed by atoms with Crippen LogP contribution >= 0.6 is 0 Å². The van der Waals surface area contributed by atoms with E-state index >= 15 is 0 Å². The van der Waals surface area contributed by atoms with E-state index in [1.807, 2.05) is 30.8 Å². The summed E-state index contributed by atoms with van der Waals surface area (Å²) in [6.07, 6.45) is 5.45. The number of aryl methyl sites for hydroxylation is 1. The van der Waals surface area contributed by atoms with Crippen LogP contribution in [-0.2, 0) is 29.5 Å². The van der Waals surface area contributed by atoms with Crippen LogP contribution in [0.1, 0.15) is 31.2 Å². The van der Waals surface area contributed by atoms with Crippen LogP contribution in [0, 0.1) is 11.2 Å². The van der Waals surface area contributed by atoms with Gasteiger partial charge in [-0.05, 0) is 57.1 Å². The molecule has 0 bridgehead atoms. The van der Waals surface area contributed by atoms with Crippen molar-refractivity contribution >= 4 is 5.97 Å². The normalized spacial score (nSPS) is 16.4. The molecule has 2 aromatic heterocycles. The summed E-state index contributed by atoms with van der Waals surface area (Å²) in [6.45, 7) is 4.53. The molecule has 0 saturated carbocycles. The first-order valence-electron chi connectivity index (χ1n) is 10.6. The number of likely N-dealkylation sites (tertiary alicyclic amines) is 1. The maximum Gasteiger partial charge on any atom is 0.312 e. The minimum atomic E-state index is -0.640. The maximum absolute atomic E-state index is 13.2. The fourth-order valence-electron chi connectivity index (χ4n) is 4.13. The Kier molecular flexibility index (Phi) is 6.18. The van der Waals surface area contributed by atoms with Gasteiger partial charge in [0, 0.05) is 37.8 Å². The van der Waals surface area contributed by atoms with Crippen LogP contribution in [0.5, 0.6) is 0 Å². The average Bonchev–Trinajstić information content (AvgIpc) is 3.39. The predicted molar refractivity (Wildman–Crippen MR) is 112 cm³/mol. The van der Waals surface area contributed by atoms with E-state index in [0.29, 0.717) is 37.3 Å². The summed E-state index contributed by atoms with van der Waals surface area (Å²) in [6, 6.07) is 7.93. The van der Waals surface area contributed by atoms with E-state index in [1.54, 1.807) is 18.5 Å². The monoisotopic (exact) mass is 426 g/mol. The molecule has 8 heteroatoms. The van der Waals surface area contributed by atoms with E-state index in [2.05, 4.69) is 15.0 Å². The molecule has 0 aliphatic carbocycles. The van der Waals surface area contributed by atoms with Crippen LogP contribution in [0.25, 0.3) is 11.3 Å². The molecule has 3 aromatic rings. The molecule has 1 fully saturated rings. The van der Waals surface area contributed by atoms with Crippen LogP contribution in [0.3, 0.4) is 0 Å². The third-order valence-corrected chi connectivity index (χ3v) is 6.04. The van der Waals surface area contributed by atoms with Crippen molar-refractivity contribution in [1.82, 2.24) is 19.6 Å². The quantitative estimate of drug-likeness (QED) is 0.538. The molecular weight excluding hydrogens is 399 g/mol. The summed E-state index contributed by atoms with van der Waals surface area (Å²) >= 11 is 0. The van der Waals surface area contributed by atoms with Crippen LogP contribution in [0.15, 0.2) is 47.4 Å². The molecule has 0 unspecified atom stereocenters. The van der Waals surface area contributed by atoms with E-state index in [-0.39, 0.29) is 11.8 Å². The Balaban J connectivity index is 1.48. The lowest BCUT2D eigenvalue weighted by molar-refractivity contribution is -0.159. The molecule has 0 radical (unpaired) electrons. The molecule has 1 aliphatic heterocycles. The number of aromatic nitrogens is 3. The summed E-state index contributed by atoms with van der Waals surface area (Å²) in [5.41, 5.74) is 1.90. The van der Waals surface area contributed by atoms with Gasteiger partial charge >= 0.3 is 5.97 Å². The van der Waals surface area contributed by atoms with Gasteiger partial charge in [0.25, 0.3) is 0 Å². The van der Waals surface area contributed by atoms with Gasteiger partial charge < -0.3 is 13.8 Å². The van der Waals surface area contributed by atoms with Gasteiger partial charge in [-0.1, -0.05) is 5.16 Å². The lowest BCUT2D eigenvalue weighted by Gasteiger charge is -2.39. The van der Waals surface area contributed by atoms with Gasteiger partial charge in [0.05, 0.1) is 24.0 Å². The van der Waals surface area contributed by atoms with Crippen LogP contribution < -0.4 is 0 Å². The zero-order valence-electron chi connectivity index (χ0n) is 17.9. The molecule has 31 heavy (non-hydrogen) atoms. The van der Waals surface area contributed by atoms with E-state index in [4.69, 9.17) is 9.26 Å². The third kappa shape index (κ3) is 4.69. The van der Waals surface area contributed by atoms with Crippen molar-refractivity contribution in [2.75, 3.05) is 19.7 Å². The summed E-state index contributed by atoms with van der Waals surface area (Å²) in [7, 11) is 1.98. The number of halogens is 1. The lowest BCUT2D eigenvalue weighted by Crippen LogP contribution is -2.46. The number of hydrogen-bond donors (Lipinski definition) is 0. The van der Waals surface area contributed by atoms with E-state index in [9.17, 15) is 9.18 Å². The first-order valence-corrected chi connectivity index (χ1v) is 10.6. The Morgan fingerprint density at radius 2 is 2.00 bits per heavy atom. The largest absolute Gasteiger partial charge is 0.466 e. The van der Waals surface area contributed by atoms with Crippen molar-refractivity contribution in [2.45, 2.75) is 32.7 Å². The number of carbonyl (C=O) groups is 1. The van der Waals surface area contributed by atoms with Gasteiger partial charge in [-0.3, -0.25) is 9.69 Å². The predicted octanol–water partition coefficient (Wildman–Crippen LogP) is 3.60. The molecule has 1 saturated heterocycles. The number of carbonyl (C=O) groups excluding carboxylic acids is 1. The third-order valence-electron chi connectivity index (χ3n) is 6.04. The second kappa shape index (κ2) is 9.01. The standard InChI is InChI=1S/C23H27FN4O3/c1-3-30-22(29)23(8-10-28(11-9-23)15-19-14-25-16-27(19)2)13-20-12-21(26-31-20)17-4-6-18(24)7-5-17/h4-7,12,14,16H,3,8-11,13,15H2,1-2H3. The Hall–Kier alpha value is -3.00. The number of benzene rings is 1. The smallest absolute Gasteiger partial charge is 0.312 e. The van der Waals surface area contributed by atoms with Crippen molar-refractivity contribution < 1.29 is 18.4 Å². The zero-order valence-corrected chi connectivity index (χ0v) is 17.9. The number of nitrogens with zero attached hydrogens (tertiary/aromatic N) is 4. The van der Waals surface area contributed by atoms with Gasteiger partial charge in [-0.15, -0.1) is 0 Å². The van der Waals surface area contributed by atoms with Crippen molar-refractivity contribution in [2.24, 2.45) is 12.5 Å². The van der Waals surface area contributed by atoms with Crippen LogP contribution in [0.2, 0.25) is 0 Å². The first-order chi connectivity index (χ1) is 15.0. The molecule has 0 amide bonds. The number of hydrogen-bond acceptors (Lipinski definition) is 6. The van der Waals surface area contributed by atoms with Crippen LogP contribution in [-0.4, -0.2) is 45.3 Å². The number of piperidine rings is 1. The summed E-state index contributed by atoms with van der Waals surface area (Å²) in [5.74, 6) is 0.147. The molecule has 0 atom stereocenters. The van der Waals surface area contributed by atoms with Gasteiger partial charge in [0.2, 0.25) is 0 Å². The number of imidazole rings is 1. The molecule has 4 rings (SSSR count). The summed E-state index contributed by atoms with van der Waals surface area (Å²) in [5, 5.41) is 4.12. The molecule has 1 aromatic carbocycles. The highest BCUT2D eigenvalue weighted by atomic mass is 19.1. The highest BCUT2D eigenvalue weighted by Gasteiger charge is 2.43. The minimum Gasteiger partial charge on any atom is -0.466 e. The summed E-state index contributed by atoms with van der Waals surface area (Å²) in [4.78, 5) is 19.5. The van der Waals surface area contributed by atoms with Gasteiger partial charge in [0.1, 0.15) is 17.3 Å². The number of esters is 1. The number of ether oxygens (including phenoxy) is 1. The molecule has 164 valence electrons. The zero-order chi connectivity index (χ0) is 21.8. The Morgan fingerprint density at radius 3 is 2.65 bits per heavy atom. The SMILES string of the molecule is CCOC(=O)C1(Cc2cc(-c3ccc(F)cc3)no2)CCN(Cc2cncn2C)CC1. The second-order valence-corrected chi connectivity index (χ2v) is 8.13. The fraction of sp³-hybridized carbons (Fsp3) is 0.435. The lowest BCUT2D eigenvalue weighted by atomic mass is 9.75. The van der Waals surface area contributed by atoms with Gasteiger partial charge in [-0.2, -0.15) is 0 Å². The molecule has 0 N–H and O–H groups in total. The summed E-state index contributed by atoms with van der Waals surface area (Å²) < 4.78 is 26.2. The highest BCUT2D eigenvalue weighted by Crippen LogP contribution is 2.38. The fourth-order valence-corrected chi connectivity index (χ4v) is 4.13. The Labute approximate surface area is 180 Å².